The molecule has 1 aliphatic carbocycles. The normalized spacial score (nSPS) is 17.8. The van der Waals surface area contributed by atoms with Crippen molar-refractivity contribution in [3.8, 4) is 6.07 Å². The number of amides is 1. The smallest absolute Gasteiger partial charge is 0.263 e. The molecule has 0 aromatic carbocycles. The number of carbonyl (C=O) groups is 1. The molecule has 0 bridgehead atoms. The molecule has 0 radical (unpaired) electrons. The summed E-state index contributed by atoms with van der Waals surface area (Å²) < 4.78 is 1.83. The second-order valence-electron chi connectivity index (χ2n) is 8.69. The Morgan fingerprint density at radius 1 is 1.33 bits per heavy atom. The van der Waals surface area contributed by atoms with Crippen LogP contribution in [-0.4, -0.2) is 26.2 Å². The Labute approximate surface area is 186 Å². The fourth-order valence-electron chi connectivity index (χ4n) is 3.73. The first-order valence-corrected chi connectivity index (χ1v) is 12.2. The van der Waals surface area contributed by atoms with Gasteiger partial charge in [0.15, 0.2) is 5.16 Å². The molecule has 6 nitrogen and oxygen atoms in total. The number of hydrogen-bond donors (Lipinski definition) is 1. The van der Waals surface area contributed by atoms with Gasteiger partial charge in [0, 0.05) is 10.9 Å². The fraction of sp³-hybridized carbons (Fsp3) is 0.636. The molecule has 30 heavy (non-hydrogen) atoms. The molecule has 1 N–H and O–H groups in total. The van der Waals surface area contributed by atoms with Crippen molar-refractivity contribution in [1.82, 2.24) is 14.9 Å². The van der Waals surface area contributed by atoms with Crippen LogP contribution in [0.5, 0.6) is 0 Å². The lowest BCUT2D eigenvalue weighted by atomic mass is 9.90. The number of aryl methyl sites for hydroxylation is 2. The van der Waals surface area contributed by atoms with Gasteiger partial charge in [0.2, 0.25) is 5.91 Å². The minimum atomic E-state index is -0.934. The molecule has 2 heterocycles. The van der Waals surface area contributed by atoms with Crippen molar-refractivity contribution in [3.63, 3.8) is 0 Å². The van der Waals surface area contributed by atoms with Crippen molar-refractivity contribution < 1.29 is 4.79 Å². The molecule has 8 heteroatoms. The first-order chi connectivity index (χ1) is 14.1. The van der Waals surface area contributed by atoms with Crippen LogP contribution in [0.2, 0.25) is 0 Å². The molecule has 0 unspecified atom stereocenters. The monoisotopic (exact) mass is 446 g/mol. The summed E-state index contributed by atoms with van der Waals surface area (Å²) in [4.78, 5) is 33.0. The highest BCUT2D eigenvalue weighted by atomic mass is 32.2. The van der Waals surface area contributed by atoms with Gasteiger partial charge in [-0.2, -0.15) is 5.26 Å². The van der Waals surface area contributed by atoms with Gasteiger partial charge < -0.3 is 5.32 Å². The van der Waals surface area contributed by atoms with Crippen LogP contribution < -0.4 is 10.9 Å². The van der Waals surface area contributed by atoms with Gasteiger partial charge in [0.1, 0.15) is 10.4 Å². The van der Waals surface area contributed by atoms with Gasteiger partial charge in [-0.1, -0.05) is 38.5 Å². The lowest BCUT2D eigenvalue weighted by molar-refractivity contribution is -0.121. The topological polar surface area (TPSA) is 87.8 Å². The van der Waals surface area contributed by atoms with Crippen LogP contribution in [-0.2, 0) is 4.79 Å². The largest absolute Gasteiger partial charge is 0.337 e. The minimum absolute atomic E-state index is 0.00732. The van der Waals surface area contributed by atoms with Gasteiger partial charge in [-0.25, -0.2) is 4.98 Å². The van der Waals surface area contributed by atoms with Crippen molar-refractivity contribution in [2.45, 2.75) is 89.2 Å². The molecule has 1 saturated carbocycles. The van der Waals surface area contributed by atoms with E-state index in [1.165, 1.54) is 23.1 Å². The summed E-state index contributed by atoms with van der Waals surface area (Å²) in [6.07, 6.45) is 4.13. The van der Waals surface area contributed by atoms with Crippen LogP contribution in [0.4, 0.5) is 0 Å². The van der Waals surface area contributed by atoms with Gasteiger partial charge in [-0.15, -0.1) is 11.3 Å². The average molecular weight is 447 g/mol. The van der Waals surface area contributed by atoms with Crippen LogP contribution in [0.1, 0.15) is 69.9 Å². The first kappa shape index (κ1) is 22.8. The fourth-order valence-corrected chi connectivity index (χ4v) is 5.78. The summed E-state index contributed by atoms with van der Waals surface area (Å²) in [5, 5.41) is 13.2. The number of hydrogen-bond acceptors (Lipinski definition) is 6. The van der Waals surface area contributed by atoms with Crippen molar-refractivity contribution in [3.05, 3.63) is 20.8 Å². The van der Waals surface area contributed by atoms with Crippen LogP contribution in [0.3, 0.4) is 0 Å². The molecule has 1 amide bonds. The van der Waals surface area contributed by atoms with E-state index in [9.17, 15) is 14.9 Å². The Kier molecular flexibility index (Phi) is 6.63. The number of nitrogens with zero attached hydrogens (tertiary/aromatic N) is 3. The molecule has 0 spiro atoms. The molecule has 3 rings (SSSR count). The Morgan fingerprint density at radius 2 is 1.97 bits per heavy atom. The van der Waals surface area contributed by atoms with Crippen LogP contribution in [0.15, 0.2) is 9.95 Å². The van der Waals surface area contributed by atoms with Gasteiger partial charge in [-0.05, 0) is 52.0 Å². The highest BCUT2D eigenvalue weighted by molar-refractivity contribution is 8.00. The maximum Gasteiger partial charge on any atom is 0.263 e. The van der Waals surface area contributed by atoms with E-state index in [1.54, 1.807) is 13.8 Å². The minimum Gasteiger partial charge on any atom is -0.337 e. The quantitative estimate of drug-likeness (QED) is 0.512. The molecule has 2 aromatic heterocycles. The number of fused-ring (bicyclic) bond motifs is 1. The van der Waals surface area contributed by atoms with E-state index in [4.69, 9.17) is 4.98 Å². The zero-order chi connectivity index (χ0) is 22.2. The summed E-state index contributed by atoms with van der Waals surface area (Å²) >= 11 is 2.84. The number of aromatic nitrogens is 2. The number of nitrogens with one attached hydrogen (secondary N) is 1. The number of thiophene rings is 1. The molecule has 2 aromatic rings. The summed E-state index contributed by atoms with van der Waals surface area (Å²) in [7, 11) is 0. The number of carbonyl (C=O) groups excluding carboxylic acids is 1. The van der Waals surface area contributed by atoms with Crippen LogP contribution in [0, 0.1) is 31.1 Å². The zero-order valence-corrected chi connectivity index (χ0v) is 20.2. The Balaban J connectivity index is 1.98. The molecular weight excluding hydrogens is 416 g/mol. The molecule has 1 aliphatic rings. The third-order valence-electron chi connectivity index (χ3n) is 6.31. The lowest BCUT2D eigenvalue weighted by Crippen LogP contribution is -2.51. The maximum absolute atomic E-state index is 13.5. The summed E-state index contributed by atoms with van der Waals surface area (Å²) in [5.74, 6) is -0.240. The summed E-state index contributed by atoms with van der Waals surface area (Å²) in [5.41, 5.74) is 0.0762. The molecule has 0 aliphatic heterocycles. The lowest BCUT2D eigenvalue weighted by Gasteiger charge is -2.29. The second kappa shape index (κ2) is 8.72. The third-order valence-corrected chi connectivity index (χ3v) is 8.48. The van der Waals surface area contributed by atoms with Gasteiger partial charge in [0.25, 0.3) is 5.56 Å². The zero-order valence-electron chi connectivity index (χ0n) is 18.5. The molecule has 2 atom stereocenters. The van der Waals surface area contributed by atoms with Crippen molar-refractivity contribution in [2.24, 2.45) is 5.92 Å². The third kappa shape index (κ3) is 4.15. The molecule has 0 saturated heterocycles. The van der Waals surface area contributed by atoms with E-state index in [-0.39, 0.29) is 23.4 Å². The first-order valence-electron chi connectivity index (χ1n) is 10.5. The second-order valence-corrected chi connectivity index (χ2v) is 11.2. The van der Waals surface area contributed by atoms with E-state index in [0.29, 0.717) is 10.5 Å². The van der Waals surface area contributed by atoms with E-state index < -0.39 is 10.8 Å². The summed E-state index contributed by atoms with van der Waals surface area (Å²) in [6, 6.07) is 2.35. The Bertz CT molecular complexity index is 1060. The van der Waals surface area contributed by atoms with Crippen LogP contribution in [0.25, 0.3) is 10.2 Å². The van der Waals surface area contributed by atoms with E-state index >= 15 is 0 Å². The van der Waals surface area contributed by atoms with E-state index in [1.807, 2.05) is 32.3 Å². The van der Waals surface area contributed by atoms with E-state index in [0.717, 1.165) is 41.0 Å². The van der Waals surface area contributed by atoms with Gasteiger partial charge >= 0.3 is 0 Å². The number of thioether (sulfide) groups is 1. The molecule has 1 fully saturated rings. The molecular formula is C22H30N4O2S2. The van der Waals surface area contributed by atoms with Crippen molar-refractivity contribution >= 4 is 39.2 Å². The van der Waals surface area contributed by atoms with Gasteiger partial charge in [-0.3, -0.25) is 14.2 Å². The van der Waals surface area contributed by atoms with Gasteiger partial charge in [0.05, 0.1) is 16.7 Å². The Morgan fingerprint density at radius 3 is 2.53 bits per heavy atom. The average Bonchev–Trinajstić information content (AvgIpc) is 3.30. The highest BCUT2D eigenvalue weighted by Crippen LogP contribution is 2.35. The van der Waals surface area contributed by atoms with Crippen molar-refractivity contribution in [1.29, 1.82) is 5.26 Å². The summed E-state index contributed by atoms with van der Waals surface area (Å²) in [6.45, 7) is 11.4. The van der Waals surface area contributed by atoms with E-state index in [2.05, 4.69) is 11.4 Å². The number of rotatable bonds is 6. The van der Waals surface area contributed by atoms with Crippen molar-refractivity contribution in [2.75, 3.05) is 0 Å². The standard InChI is InChI=1S/C22H30N4O2S2/c1-12(2)22(6,11-23)25-18(27)15(5)30-21-24-19-17(13(3)14(4)29-19)20(28)26(21)16-9-7-8-10-16/h12,15-16H,7-10H2,1-6H3,(H,25,27)/t15-,22-/m1/s1. The predicted octanol–water partition coefficient (Wildman–Crippen LogP) is 4.73. The van der Waals surface area contributed by atoms with Crippen LogP contribution >= 0.6 is 23.1 Å². The molecule has 162 valence electrons. The number of nitriles is 1. The SMILES string of the molecule is Cc1sc2nc(S[C@H](C)C(=O)N[C@](C)(C#N)C(C)C)n(C3CCCC3)c(=O)c2c1C. The predicted molar refractivity (Wildman–Crippen MR) is 123 cm³/mol. The highest BCUT2D eigenvalue weighted by Gasteiger charge is 2.33. The maximum atomic E-state index is 13.5. The Hall–Kier alpha value is -1.85.